The molecule has 81 valence electrons. The van der Waals surface area contributed by atoms with E-state index in [-0.39, 0.29) is 5.69 Å². The molecule has 0 saturated carbocycles. The van der Waals surface area contributed by atoms with Gasteiger partial charge in [0.25, 0.3) is 0 Å². The quantitative estimate of drug-likeness (QED) is 0.852. The second-order valence-electron chi connectivity index (χ2n) is 3.28. The van der Waals surface area contributed by atoms with Gasteiger partial charge in [-0.3, -0.25) is 0 Å². The molecule has 0 amide bonds. The first-order valence-corrected chi connectivity index (χ1v) is 4.56. The minimum Gasteiger partial charge on any atom is -0.476 e. The van der Waals surface area contributed by atoms with Gasteiger partial charge in [0.1, 0.15) is 5.82 Å². The van der Waals surface area contributed by atoms with E-state index in [4.69, 9.17) is 5.11 Å². The lowest BCUT2D eigenvalue weighted by Gasteiger charge is -2.01. The van der Waals surface area contributed by atoms with Crippen molar-refractivity contribution in [3.8, 4) is 0 Å². The molecule has 0 aliphatic heterocycles. The fraction of sp³-hybridized carbons (Fsp3) is 0.0909. The van der Waals surface area contributed by atoms with Crippen molar-refractivity contribution >= 4 is 5.97 Å². The van der Waals surface area contributed by atoms with Crippen molar-refractivity contribution in [2.24, 2.45) is 0 Å². The molecule has 0 bridgehead atoms. The minimum atomic E-state index is -1.08. The Labute approximate surface area is 91.0 Å². The number of imidazole rings is 1. The van der Waals surface area contributed by atoms with Crippen LogP contribution < -0.4 is 0 Å². The van der Waals surface area contributed by atoms with Crippen molar-refractivity contribution in [3.63, 3.8) is 0 Å². The van der Waals surface area contributed by atoms with Crippen LogP contribution in [0, 0.1) is 11.9 Å². The van der Waals surface area contributed by atoms with Crippen molar-refractivity contribution < 1.29 is 14.3 Å². The van der Waals surface area contributed by atoms with Crippen molar-refractivity contribution in [2.75, 3.05) is 0 Å². The van der Waals surface area contributed by atoms with Crippen LogP contribution in [0.25, 0.3) is 0 Å². The zero-order valence-electron chi connectivity index (χ0n) is 8.22. The number of rotatable bonds is 3. The summed E-state index contributed by atoms with van der Waals surface area (Å²) in [5.74, 6) is -1.51. The lowest BCUT2D eigenvalue weighted by Crippen LogP contribution is -1.98. The van der Waals surface area contributed by atoms with E-state index in [1.807, 2.05) is 0 Å². The van der Waals surface area contributed by atoms with Gasteiger partial charge in [0.15, 0.2) is 5.69 Å². The zero-order chi connectivity index (χ0) is 11.5. The van der Waals surface area contributed by atoms with Crippen LogP contribution in [-0.2, 0) is 6.54 Å². The molecule has 0 saturated heterocycles. The van der Waals surface area contributed by atoms with E-state index in [1.165, 1.54) is 24.7 Å². The highest BCUT2D eigenvalue weighted by Crippen LogP contribution is 2.06. The highest BCUT2D eigenvalue weighted by Gasteiger charge is 2.06. The zero-order valence-corrected chi connectivity index (χ0v) is 8.22. The van der Waals surface area contributed by atoms with Gasteiger partial charge in [0.05, 0.1) is 6.33 Å². The topological polar surface area (TPSA) is 55.1 Å². The molecule has 5 heteroatoms. The van der Waals surface area contributed by atoms with Gasteiger partial charge in [0.2, 0.25) is 0 Å². The molecule has 0 unspecified atom stereocenters. The highest BCUT2D eigenvalue weighted by atomic mass is 19.1. The van der Waals surface area contributed by atoms with Gasteiger partial charge in [-0.25, -0.2) is 14.2 Å². The summed E-state index contributed by atoms with van der Waals surface area (Å²) in [5.41, 5.74) is 0.702. The molecule has 1 heterocycles. The number of nitrogens with zero attached hydrogens (tertiary/aromatic N) is 2. The van der Waals surface area contributed by atoms with Crippen molar-refractivity contribution in [1.29, 1.82) is 0 Å². The van der Waals surface area contributed by atoms with Crippen molar-refractivity contribution in [3.05, 3.63) is 53.9 Å². The highest BCUT2D eigenvalue weighted by molar-refractivity contribution is 5.84. The Balaban J connectivity index is 2.17. The van der Waals surface area contributed by atoms with Crippen molar-refractivity contribution in [2.45, 2.75) is 6.54 Å². The molecule has 4 nitrogen and oxygen atoms in total. The van der Waals surface area contributed by atoms with E-state index in [0.29, 0.717) is 6.54 Å². The molecule has 16 heavy (non-hydrogen) atoms. The second-order valence-corrected chi connectivity index (χ2v) is 3.28. The molecule has 1 N–H and O–H groups in total. The van der Waals surface area contributed by atoms with Crippen LogP contribution in [0.5, 0.6) is 0 Å². The van der Waals surface area contributed by atoms with Gasteiger partial charge < -0.3 is 9.67 Å². The smallest absolute Gasteiger partial charge is 0.356 e. The van der Waals surface area contributed by atoms with Gasteiger partial charge in [-0.15, -0.1) is 0 Å². The van der Waals surface area contributed by atoms with E-state index in [9.17, 15) is 9.18 Å². The Morgan fingerprint density at radius 1 is 1.62 bits per heavy atom. The predicted molar refractivity (Wildman–Crippen MR) is 53.5 cm³/mol. The normalized spacial score (nSPS) is 10.3. The Hall–Kier alpha value is -2.17. The summed E-state index contributed by atoms with van der Waals surface area (Å²) in [6.07, 6.45) is 2.80. The number of carbonyl (C=O) groups is 1. The fourth-order valence-corrected chi connectivity index (χ4v) is 1.35. The molecular weight excluding hydrogens is 211 g/mol. The molecule has 0 spiro atoms. The van der Waals surface area contributed by atoms with Crippen LogP contribution in [0.1, 0.15) is 16.1 Å². The van der Waals surface area contributed by atoms with Crippen LogP contribution in [-0.4, -0.2) is 20.6 Å². The Morgan fingerprint density at radius 3 is 3.06 bits per heavy atom. The van der Waals surface area contributed by atoms with E-state index >= 15 is 0 Å². The van der Waals surface area contributed by atoms with Gasteiger partial charge in [-0.05, 0) is 11.6 Å². The molecule has 2 rings (SSSR count). The summed E-state index contributed by atoms with van der Waals surface area (Å²) in [6.45, 7) is 0.381. The Bertz CT molecular complexity index is 522. The minimum absolute atomic E-state index is 0.0250. The number of aromatic carboxylic acids is 1. The largest absolute Gasteiger partial charge is 0.476 e. The van der Waals surface area contributed by atoms with Gasteiger partial charge >= 0.3 is 5.97 Å². The van der Waals surface area contributed by atoms with Crippen LogP contribution in [0.15, 0.2) is 30.7 Å². The third-order valence-electron chi connectivity index (χ3n) is 2.05. The SMILES string of the molecule is O=C(O)c1cn(Cc2cc[c]c(F)c2)cn1. The first-order valence-electron chi connectivity index (χ1n) is 4.56. The van der Waals surface area contributed by atoms with Gasteiger partial charge in [-0.1, -0.05) is 12.1 Å². The molecule has 1 radical (unpaired) electrons. The lowest BCUT2D eigenvalue weighted by atomic mass is 10.2. The van der Waals surface area contributed by atoms with E-state index in [2.05, 4.69) is 11.1 Å². The maximum absolute atomic E-state index is 12.8. The molecule has 1 aromatic heterocycles. The van der Waals surface area contributed by atoms with Gasteiger partial charge in [-0.2, -0.15) is 0 Å². The van der Waals surface area contributed by atoms with Crippen LogP contribution in [0.3, 0.4) is 0 Å². The number of hydrogen-bond donors (Lipinski definition) is 1. The summed E-state index contributed by atoms with van der Waals surface area (Å²) in [6, 6.07) is 6.94. The standard InChI is InChI=1S/C11H8FN2O2/c12-9-3-1-2-8(4-9)5-14-6-10(11(15)16)13-7-14/h1-2,4,6-7H,5H2,(H,15,16). The number of benzene rings is 1. The third-order valence-corrected chi connectivity index (χ3v) is 2.05. The summed E-state index contributed by atoms with van der Waals surface area (Å²) in [4.78, 5) is 14.3. The maximum Gasteiger partial charge on any atom is 0.356 e. The van der Waals surface area contributed by atoms with E-state index in [1.54, 1.807) is 10.6 Å². The number of carboxylic acid groups (broad SMARTS) is 1. The molecule has 2 aromatic rings. The molecule has 1 aromatic carbocycles. The Morgan fingerprint density at radius 2 is 2.44 bits per heavy atom. The second kappa shape index (κ2) is 4.14. The van der Waals surface area contributed by atoms with Crippen LogP contribution >= 0.6 is 0 Å². The first-order chi connectivity index (χ1) is 7.65. The molecule has 0 atom stereocenters. The predicted octanol–water partition coefficient (Wildman–Crippen LogP) is 1.57. The molecule has 0 aliphatic carbocycles. The van der Waals surface area contributed by atoms with E-state index in [0.717, 1.165) is 5.56 Å². The van der Waals surface area contributed by atoms with Crippen LogP contribution in [0.2, 0.25) is 0 Å². The fourth-order valence-electron chi connectivity index (χ4n) is 1.35. The first kappa shape index (κ1) is 10.4. The third kappa shape index (κ3) is 2.25. The Kier molecular flexibility index (Phi) is 2.68. The summed E-state index contributed by atoms with van der Waals surface area (Å²) < 4.78 is 14.4. The average Bonchev–Trinajstić information content (AvgIpc) is 2.66. The summed E-state index contributed by atoms with van der Waals surface area (Å²) in [5, 5.41) is 8.67. The monoisotopic (exact) mass is 219 g/mol. The molecule has 0 fully saturated rings. The maximum atomic E-state index is 12.8. The molecular formula is C11H8FN2O2. The van der Waals surface area contributed by atoms with Crippen molar-refractivity contribution in [1.82, 2.24) is 9.55 Å². The average molecular weight is 219 g/mol. The lowest BCUT2D eigenvalue weighted by molar-refractivity contribution is 0.0691. The number of hydrogen-bond acceptors (Lipinski definition) is 2. The summed E-state index contributed by atoms with van der Waals surface area (Å²) in [7, 11) is 0. The number of halogens is 1. The van der Waals surface area contributed by atoms with E-state index < -0.39 is 11.8 Å². The number of carboxylic acids is 1. The number of aromatic nitrogens is 2. The summed E-state index contributed by atoms with van der Waals surface area (Å²) >= 11 is 0. The molecule has 0 aliphatic rings. The van der Waals surface area contributed by atoms with Crippen LogP contribution in [0.4, 0.5) is 4.39 Å². The van der Waals surface area contributed by atoms with Gasteiger partial charge in [0, 0.05) is 18.8 Å².